The maximum atomic E-state index is 12.3. The van der Waals surface area contributed by atoms with E-state index in [0.29, 0.717) is 16.6 Å². The fourth-order valence-corrected chi connectivity index (χ4v) is 4.93. The fourth-order valence-electron chi connectivity index (χ4n) is 3.25. The average molecular weight is 389 g/mol. The number of rotatable bonds is 4. The molecule has 0 amide bonds. The number of hydrogen-bond acceptors (Lipinski definition) is 4. The Labute approximate surface area is 164 Å². The lowest BCUT2D eigenvalue weighted by Gasteiger charge is -2.18. The van der Waals surface area contributed by atoms with Gasteiger partial charge in [-0.05, 0) is 67.1 Å². The molecule has 0 fully saturated rings. The van der Waals surface area contributed by atoms with Gasteiger partial charge in [0.05, 0.1) is 12.7 Å². The summed E-state index contributed by atoms with van der Waals surface area (Å²) in [5.41, 5.74) is 3.97. The standard InChI is InChI=1S/C20H24N2O2S2/c1-4-13-6-8-14(9-7-13)21-20(25)22-18-17(19(23)24-3)15-10-5-12(2)11-16(15)26-18/h6-9,12H,4-5,10-11H2,1-3H3,(H2,21,22,25). The number of carbonyl (C=O) groups excluding carboxylic acids is 1. The zero-order valence-electron chi connectivity index (χ0n) is 15.3. The average Bonchev–Trinajstić information content (AvgIpc) is 2.98. The summed E-state index contributed by atoms with van der Waals surface area (Å²) in [6.45, 7) is 4.38. The Bertz CT molecular complexity index is 812. The number of thiophene rings is 1. The lowest BCUT2D eigenvalue weighted by Crippen LogP contribution is -2.20. The molecule has 0 aliphatic heterocycles. The van der Waals surface area contributed by atoms with E-state index in [1.807, 2.05) is 12.1 Å². The van der Waals surface area contributed by atoms with Gasteiger partial charge in [0.2, 0.25) is 0 Å². The van der Waals surface area contributed by atoms with Gasteiger partial charge in [-0.3, -0.25) is 0 Å². The number of fused-ring (bicyclic) bond motifs is 1. The first-order chi connectivity index (χ1) is 12.5. The maximum absolute atomic E-state index is 12.3. The molecule has 2 N–H and O–H groups in total. The van der Waals surface area contributed by atoms with Crippen LogP contribution in [0.25, 0.3) is 0 Å². The molecule has 0 saturated carbocycles. The third kappa shape index (κ3) is 4.07. The summed E-state index contributed by atoms with van der Waals surface area (Å²) in [5, 5.41) is 7.66. The second kappa shape index (κ2) is 8.18. The van der Waals surface area contributed by atoms with E-state index in [1.165, 1.54) is 17.6 Å². The van der Waals surface area contributed by atoms with Crippen LogP contribution < -0.4 is 10.6 Å². The van der Waals surface area contributed by atoms with Crippen LogP contribution in [-0.4, -0.2) is 18.2 Å². The number of hydrogen-bond donors (Lipinski definition) is 2. The highest BCUT2D eigenvalue weighted by Gasteiger charge is 2.28. The second-order valence-corrected chi connectivity index (χ2v) is 8.19. The minimum atomic E-state index is -0.297. The van der Waals surface area contributed by atoms with Crippen molar-refractivity contribution in [3.8, 4) is 0 Å². The predicted molar refractivity (Wildman–Crippen MR) is 113 cm³/mol. The number of anilines is 2. The van der Waals surface area contributed by atoms with E-state index in [4.69, 9.17) is 17.0 Å². The molecule has 1 aliphatic carbocycles. The first-order valence-corrected chi connectivity index (χ1v) is 10.1. The number of esters is 1. The molecule has 2 aromatic rings. The third-order valence-electron chi connectivity index (χ3n) is 4.75. The monoisotopic (exact) mass is 388 g/mol. The maximum Gasteiger partial charge on any atom is 0.341 e. The van der Waals surface area contributed by atoms with Crippen LogP contribution in [-0.2, 0) is 24.0 Å². The molecule has 0 saturated heterocycles. The van der Waals surface area contributed by atoms with E-state index in [1.54, 1.807) is 11.3 Å². The molecule has 26 heavy (non-hydrogen) atoms. The van der Waals surface area contributed by atoms with Crippen LogP contribution in [0.3, 0.4) is 0 Å². The zero-order chi connectivity index (χ0) is 18.7. The van der Waals surface area contributed by atoms with E-state index in [0.717, 1.165) is 41.9 Å². The molecule has 1 atom stereocenters. The first-order valence-electron chi connectivity index (χ1n) is 8.91. The summed E-state index contributed by atoms with van der Waals surface area (Å²) in [5.74, 6) is 0.344. The molecule has 1 unspecified atom stereocenters. The van der Waals surface area contributed by atoms with Crippen molar-refractivity contribution in [2.24, 2.45) is 5.92 Å². The molecule has 138 valence electrons. The summed E-state index contributed by atoms with van der Waals surface area (Å²) in [4.78, 5) is 13.6. The quantitative estimate of drug-likeness (QED) is 0.568. The van der Waals surface area contributed by atoms with Gasteiger partial charge in [-0.25, -0.2) is 4.79 Å². The topological polar surface area (TPSA) is 50.4 Å². The lowest BCUT2D eigenvalue weighted by molar-refractivity contribution is 0.0601. The molecule has 1 heterocycles. The molecular weight excluding hydrogens is 364 g/mol. The van der Waals surface area contributed by atoms with Crippen molar-refractivity contribution < 1.29 is 9.53 Å². The van der Waals surface area contributed by atoms with E-state index in [-0.39, 0.29) is 5.97 Å². The van der Waals surface area contributed by atoms with Gasteiger partial charge < -0.3 is 15.4 Å². The van der Waals surface area contributed by atoms with Crippen molar-refractivity contribution in [1.82, 2.24) is 0 Å². The van der Waals surface area contributed by atoms with Crippen LogP contribution in [0.4, 0.5) is 10.7 Å². The Balaban J connectivity index is 1.79. The van der Waals surface area contributed by atoms with E-state index in [9.17, 15) is 4.79 Å². The third-order valence-corrected chi connectivity index (χ3v) is 6.12. The molecule has 6 heteroatoms. The van der Waals surface area contributed by atoms with Crippen LogP contribution in [0.1, 0.15) is 46.6 Å². The van der Waals surface area contributed by atoms with Crippen LogP contribution in [0.5, 0.6) is 0 Å². The van der Waals surface area contributed by atoms with Gasteiger partial charge in [0, 0.05) is 10.6 Å². The van der Waals surface area contributed by atoms with Gasteiger partial charge in [-0.2, -0.15) is 0 Å². The minimum Gasteiger partial charge on any atom is -0.465 e. The molecule has 1 aromatic heterocycles. The van der Waals surface area contributed by atoms with E-state index < -0.39 is 0 Å². The normalized spacial score (nSPS) is 15.9. The molecule has 4 nitrogen and oxygen atoms in total. The van der Waals surface area contributed by atoms with Crippen molar-refractivity contribution in [2.75, 3.05) is 17.7 Å². The summed E-state index contributed by atoms with van der Waals surface area (Å²) < 4.78 is 5.02. The van der Waals surface area contributed by atoms with Crippen molar-refractivity contribution >= 4 is 45.3 Å². The zero-order valence-corrected chi connectivity index (χ0v) is 17.0. The molecule has 1 aliphatic rings. The lowest BCUT2D eigenvalue weighted by atomic mass is 9.88. The number of nitrogens with one attached hydrogen (secondary N) is 2. The Morgan fingerprint density at radius 3 is 2.69 bits per heavy atom. The van der Waals surface area contributed by atoms with Crippen LogP contribution >= 0.6 is 23.6 Å². The molecule has 0 bridgehead atoms. The molecule has 0 radical (unpaired) electrons. The Morgan fingerprint density at radius 1 is 1.31 bits per heavy atom. The van der Waals surface area contributed by atoms with Gasteiger partial charge in [-0.15, -0.1) is 11.3 Å². The van der Waals surface area contributed by atoms with Crippen LogP contribution in [0.2, 0.25) is 0 Å². The Kier molecular flexibility index (Phi) is 5.94. The summed E-state index contributed by atoms with van der Waals surface area (Å²) in [7, 11) is 1.42. The number of ether oxygens (including phenoxy) is 1. The smallest absolute Gasteiger partial charge is 0.341 e. The number of carbonyl (C=O) groups is 1. The highest BCUT2D eigenvalue weighted by molar-refractivity contribution is 7.80. The molecule has 1 aromatic carbocycles. The summed E-state index contributed by atoms with van der Waals surface area (Å²) >= 11 is 7.07. The van der Waals surface area contributed by atoms with Crippen molar-refractivity contribution in [3.05, 3.63) is 45.8 Å². The number of thiocarbonyl (C=S) groups is 1. The van der Waals surface area contributed by atoms with Crippen molar-refractivity contribution in [2.45, 2.75) is 39.5 Å². The predicted octanol–water partition coefficient (Wildman–Crippen LogP) is 5.03. The van der Waals surface area contributed by atoms with Crippen molar-refractivity contribution in [1.29, 1.82) is 0 Å². The Hall–Kier alpha value is -1.92. The second-order valence-electron chi connectivity index (χ2n) is 6.68. The largest absolute Gasteiger partial charge is 0.465 e. The summed E-state index contributed by atoms with van der Waals surface area (Å²) in [6, 6.07) is 8.18. The number of benzene rings is 1. The first kappa shape index (κ1) is 18.9. The van der Waals surface area contributed by atoms with E-state index >= 15 is 0 Å². The van der Waals surface area contributed by atoms with E-state index in [2.05, 4.69) is 36.6 Å². The molecule has 3 rings (SSSR count). The van der Waals surface area contributed by atoms with Gasteiger partial charge >= 0.3 is 5.97 Å². The Morgan fingerprint density at radius 2 is 2.04 bits per heavy atom. The van der Waals surface area contributed by atoms with Gasteiger partial charge in [0.1, 0.15) is 5.00 Å². The van der Waals surface area contributed by atoms with Gasteiger partial charge in [0.15, 0.2) is 5.11 Å². The molecular formula is C20H24N2O2S2. The van der Waals surface area contributed by atoms with Gasteiger partial charge in [-0.1, -0.05) is 26.0 Å². The van der Waals surface area contributed by atoms with Crippen LogP contribution in [0.15, 0.2) is 24.3 Å². The number of aryl methyl sites for hydroxylation is 1. The minimum absolute atomic E-state index is 0.297. The summed E-state index contributed by atoms with van der Waals surface area (Å²) in [6.07, 6.45) is 4.02. The van der Waals surface area contributed by atoms with Crippen molar-refractivity contribution in [3.63, 3.8) is 0 Å². The fraction of sp³-hybridized carbons (Fsp3) is 0.400. The van der Waals surface area contributed by atoms with Crippen LogP contribution in [0, 0.1) is 5.92 Å². The SMILES string of the molecule is CCc1ccc(NC(=S)Nc2sc3c(c2C(=O)OC)CCC(C)C3)cc1. The van der Waals surface area contributed by atoms with Gasteiger partial charge in [0.25, 0.3) is 0 Å². The number of methoxy groups -OCH3 is 1. The molecule has 0 spiro atoms. The highest BCUT2D eigenvalue weighted by Crippen LogP contribution is 2.40. The highest BCUT2D eigenvalue weighted by atomic mass is 32.1.